The van der Waals surface area contributed by atoms with Crippen molar-refractivity contribution >= 4 is 23.4 Å². The Bertz CT molecular complexity index is 588. The van der Waals surface area contributed by atoms with Crippen LogP contribution in [0.5, 0.6) is 5.75 Å². The van der Waals surface area contributed by atoms with E-state index in [1.165, 1.54) is 19.3 Å². The molecule has 1 heterocycles. The van der Waals surface area contributed by atoms with Crippen LogP contribution in [-0.4, -0.2) is 23.6 Å². The number of hydrogen-bond acceptors (Lipinski definition) is 3. The van der Waals surface area contributed by atoms with Gasteiger partial charge in [-0.15, -0.1) is 11.8 Å². The first-order valence-corrected chi connectivity index (χ1v) is 10.0. The van der Waals surface area contributed by atoms with E-state index in [4.69, 9.17) is 4.74 Å². The summed E-state index contributed by atoms with van der Waals surface area (Å²) in [4.78, 5) is 14.7. The van der Waals surface area contributed by atoms with Crippen LogP contribution in [0.3, 0.4) is 0 Å². The monoisotopic (exact) mass is 347 g/mol. The van der Waals surface area contributed by atoms with Gasteiger partial charge in [-0.25, -0.2) is 0 Å². The molecule has 0 N–H and O–H groups in total. The van der Waals surface area contributed by atoms with Crippen molar-refractivity contribution in [2.45, 2.75) is 57.7 Å². The van der Waals surface area contributed by atoms with Gasteiger partial charge in [0, 0.05) is 5.69 Å². The molecule has 1 aliphatic carbocycles. The maximum absolute atomic E-state index is 12.6. The normalized spacial score (nSPS) is 27.8. The summed E-state index contributed by atoms with van der Waals surface area (Å²) in [6.45, 7) is 7.08. The van der Waals surface area contributed by atoms with Gasteiger partial charge in [0.15, 0.2) is 0 Å². The Kier molecular flexibility index (Phi) is 4.87. The Morgan fingerprint density at radius 3 is 2.42 bits per heavy atom. The number of benzene rings is 1. The Hall–Kier alpha value is -1.16. The summed E-state index contributed by atoms with van der Waals surface area (Å²) in [5, 5.41) is 0. The van der Waals surface area contributed by atoms with E-state index in [0.717, 1.165) is 30.2 Å². The fourth-order valence-electron chi connectivity index (χ4n) is 4.17. The van der Waals surface area contributed by atoms with E-state index in [-0.39, 0.29) is 10.8 Å². The van der Waals surface area contributed by atoms with Crippen molar-refractivity contribution in [3.05, 3.63) is 24.3 Å². The first-order chi connectivity index (χ1) is 11.4. The molecule has 24 heavy (non-hydrogen) atoms. The van der Waals surface area contributed by atoms with Gasteiger partial charge in [0.05, 0.1) is 17.7 Å². The van der Waals surface area contributed by atoms with E-state index in [2.05, 4.69) is 25.7 Å². The molecule has 1 aromatic carbocycles. The minimum absolute atomic E-state index is 0.0357. The number of carbonyl (C=O) groups is 1. The van der Waals surface area contributed by atoms with Crippen LogP contribution >= 0.6 is 11.8 Å². The molecule has 4 heteroatoms. The summed E-state index contributed by atoms with van der Waals surface area (Å²) in [7, 11) is 1.67. The molecule has 1 spiro atoms. The van der Waals surface area contributed by atoms with Crippen molar-refractivity contribution in [3.63, 3.8) is 0 Å². The van der Waals surface area contributed by atoms with Gasteiger partial charge >= 0.3 is 0 Å². The van der Waals surface area contributed by atoms with Gasteiger partial charge in [-0.05, 0) is 61.3 Å². The number of methoxy groups -OCH3 is 1. The van der Waals surface area contributed by atoms with Crippen molar-refractivity contribution < 1.29 is 9.53 Å². The largest absolute Gasteiger partial charge is 0.497 e. The molecule has 2 aliphatic rings. The van der Waals surface area contributed by atoms with Gasteiger partial charge in [0.25, 0.3) is 0 Å². The third-order valence-electron chi connectivity index (χ3n) is 6.24. The number of anilines is 1. The zero-order valence-electron chi connectivity index (χ0n) is 15.3. The number of nitrogens with zero attached hydrogens (tertiary/aromatic N) is 1. The molecule has 1 saturated carbocycles. The van der Waals surface area contributed by atoms with Crippen LogP contribution in [0.2, 0.25) is 0 Å². The van der Waals surface area contributed by atoms with E-state index in [1.54, 1.807) is 7.11 Å². The van der Waals surface area contributed by atoms with Crippen molar-refractivity contribution in [1.82, 2.24) is 0 Å². The molecule has 2 fully saturated rings. The molecule has 132 valence electrons. The molecular formula is C20H29NO2S. The molecule has 0 aromatic heterocycles. The van der Waals surface area contributed by atoms with E-state index < -0.39 is 0 Å². The molecule has 0 radical (unpaired) electrons. The lowest BCUT2D eigenvalue weighted by Crippen LogP contribution is -2.48. The van der Waals surface area contributed by atoms with Gasteiger partial charge in [-0.3, -0.25) is 9.69 Å². The lowest BCUT2D eigenvalue weighted by Gasteiger charge is -2.46. The first-order valence-electron chi connectivity index (χ1n) is 9.03. The van der Waals surface area contributed by atoms with Crippen LogP contribution in [0.25, 0.3) is 0 Å². The fraction of sp³-hybridized carbons (Fsp3) is 0.650. The van der Waals surface area contributed by atoms with Crippen LogP contribution in [-0.2, 0) is 4.79 Å². The topological polar surface area (TPSA) is 29.5 Å². The maximum atomic E-state index is 12.6. The molecule has 0 bridgehead atoms. The van der Waals surface area contributed by atoms with Crippen LogP contribution in [0.1, 0.15) is 52.9 Å². The second-order valence-electron chi connectivity index (χ2n) is 7.78. The van der Waals surface area contributed by atoms with E-state index in [0.29, 0.717) is 11.2 Å². The van der Waals surface area contributed by atoms with Gasteiger partial charge in [0.1, 0.15) is 5.75 Å². The fourth-order valence-corrected chi connectivity index (χ4v) is 5.55. The van der Waals surface area contributed by atoms with Gasteiger partial charge in [-0.2, -0.15) is 0 Å². The Balaban J connectivity index is 1.81. The Morgan fingerprint density at radius 2 is 1.88 bits per heavy atom. The number of carbonyl (C=O) groups excluding carboxylic acids is 1. The zero-order valence-corrected chi connectivity index (χ0v) is 16.1. The highest BCUT2D eigenvalue weighted by molar-refractivity contribution is 8.02. The van der Waals surface area contributed by atoms with Gasteiger partial charge in [-0.1, -0.05) is 27.2 Å². The summed E-state index contributed by atoms with van der Waals surface area (Å²) in [6.07, 6.45) is 5.85. The third kappa shape index (κ3) is 3.05. The van der Waals surface area contributed by atoms with Crippen molar-refractivity contribution in [2.75, 3.05) is 17.8 Å². The van der Waals surface area contributed by atoms with Crippen molar-refractivity contribution in [1.29, 1.82) is 0 Å². The molecule has 3 rings (SSSR count). The highest BCUT2D eigenvalue weighted by Crippen LogP contribution is 2.53. The number of rotatable bonds is 4. The summed E-state index contributed by atoms with van der Waals surface area (Å²) in [5.41, 5.74) is 1.42. The van der Waals surface area contributed by atoms with Crippen molar-refractivity contribution in [2.24, 2.45) is 11.3 Å². The average molecular weight is 348 g/mol. The van der Waals surface area contributed by atoms with Crippen molar-refractivity contribution in [3.8, 4) is 5.75 Å². The second-order valence-corrected chi connectivity index (χ2v) is 9.12. The van der Waals surface area contributed by atoms with Crippen LogP contribution in [0.15, 0.2) is 24.3 Å². The lowest BCUT2D eigenvalue weighted by atomic mass is 9.68. The maximum Gasteiger partial charge on any atom is 0.238 e. The minimum Gasteiger partial charge on any atom is -0.497 e. The lowest BCUT2D eigenvalue weighted by molar-refractivity contribution is -0.116. The highest BCUT2D eigenvalue weighted by atomic mass is 32.2. The average Bonchev–Trinajstić information content (AvgIpc) is 2.91. The second kappa shape index (κ2) is 6.62. The van der Waals surface area contributed by atoms with E-state index in [1.807, 2.05) is 36.0 Å². The Labute approximate surface area is 150 Å². The molecule has 1 aromatic rings. The standard InChI is InChI=1S/C20H29NO2S/c1-5-19(2,3)15-10-12-20(13-11-15)21(18(22)14-24-20)16-6-8-17(23-4)9-7-16/h6-9,15H,5,10-14H2,1-4H3. The first kappa shape index (κ1) is 17.7. The minimum atomic E-state index is -0.0357. The van der Waals surface area contributed by atoms with E-state index in [9.17, 15) is 4.79 Å². The number of ether oxygens (including phenoxy) is 1. The van der Waals surface area contributed by atoms with Crippen LogP contribution < -0.4 is 9.64 Å². The Morgan fingerprint density at radius 1 is 1.25 bits per heavy atom. The van der Waals surface area contributed by atoms with Gasteiger partial charge < -0.3 is 4.74 Å². The predicted octanol–water partition coefficient (Wildman–Crippen LogP) is 5.10. The van der Waals surface area contributed by atoms with Crippen LogP contribution in [0.4, 0.5) is 5.69 Å². The molecule has 1 saturated heterocycles. The number of thioether (sulfide) groups is 1. The number of hydrogen-bond donors (Lipinski definition) is 0. The smallest absolute Gasteiger partial charge is 0.238 e. The molecule has 0 atom stereocenters. The highest BCUT2D eigenvalue weighted by Gasteiger charge is 2.50. The van der Waals surface area contributed by atoms with Crippen LogP contribution in [0, 0.1) is 11.3 Å². The van der Waals surface area contributed by atoms with Gasteiger partial charge in [0.2, 0.25) is 5.91 Å². The third-order valence-corrected chi connectivity index (χ3v) is 7.75. The zero-order chi connectivity index (χ0) is 17.4. The summed E-state index contributed by atoms with van der Waals surface area (Å²) in [5.74, 6) is 2.45. The molecule has 3 nitrogen and oxygen atoms in total. The molecule has 0 unspecified atom stereocenters. The number of amides is 1. The molecular weight excluding hydrogens is 318 g/mol. The van der Waals surface area contributed by atoms with E-state index >= 15 is 0 Å². The summed E-state index contributed by atoms with van der Waals surface area (Å²) >= 11 is 1.85. The molecule has 1 aliphatic heterocycles. The summed E-state index contributed by atoms with van der Waals surface area (Å²) in [6, 6.07) is 7.94. The quantitative estimate of drug-likeness (QED) is 0.759. The predicted molar refractivity (Wildman–Crippen MR) is 102 cm³/mol. The molecule has 1 amide bonds. The SMILES string of the molecule is CCC(C)(C)C1CCC2(CC1)SCC(=O)N2c1ccc(OC)cc1. The summed E-state index contributed by atoms with van der Waals surface area (Å²) < 4.78 is 5.25.